The monoisotopic (exact) mass is 277 g/mol. The van der Waals surface area contributed by atoms with Crippen LogP contribution in [0.3, 0.4) is 0 Å². The largest absolute Gasteiger partial charge is 0.378 e. The van der Waals surface area contributed by atoms with Crippen molar-refractivity contribution in [1.82, 2.24) is 9.97 Å². The smallest absolute Gasteiger partial charge is 0.162 e. The maximum absolute atomic E-state index is 5.97. The zero-order valence-electron chi connectivity index (χ0n) is 11.2. The fourth-order valence-corrected chi connectivity index (χ4v) is 2.07. The zero-order chi connectivity index (χ0) is 13.8. The van der Waals surface area contributed by atoms with Crippen LogP contribution in [0.15, 0.2) is 24.3 Å². The molecular formula is C14H16ClN3O. The van der Waals surface area contributed by atoms with Gasteiger partial charge >= 0.3 is 0 Å². The highest BCUT2D eigenvalue weighted by molar-refractivity contribution is 6.30. The van der Waals surface area contributed by atoms with Crippen molar-refractivity contribution in [2.24, 2.45) is 0 Å². The predicted octanol–water partition coefficient (Wildman–Crippen LogP) is 3.29. The van der Waals surface area contributed by atoms with E-state index in [1.807, 2.05) is 38.2 Å². The highest BCUT2D eigenvalue weighted by Gasteiger charge is 2.09. The summed E-state index contributed by atoms with van der Waals surface area (Å²) < 4.78 is 5.13. The lowest BCUT2D eigenvalue weighted by Crippen LogP contribution is -2.02. The lowest BCUT2D eigenvalue weighted by Gasteiger charge is -2.09. The van der Waals surface area contributed by atoms with Gasteiger partial charge in [0.25, 0.3) is 0 Å². The highest BCUT2D eigenvalue weighted by atomic mass is 35.5. The van der Waals surface area contributed by atoms with E-state index in [-0.39, 0.29) is 0 Å². The van der Waals surface area contributed by atoms with Crippen molar-refractivity contribution < 1.29 is 4.74 Å². The molecule has 0 aliphatic rings. The van der Waals surface area contributed by atoms with Crippen LogP contribution in [0.1, 0.15) is 11.3 Å². The zero-order valence-corrected chi connectivity index (χ0v) is 12.0. The van der Waals surface area contributed by atoms with E-state index in [4.69, 9.17) is 16.3 Å². The van der Waals surface area contributed by atoms with Gasteiger partial charge in [-0.15, -0.1) is 0 Å². The Labute approximate surface area is 117 Å². The summed E-state index contributed by atoms with van der Waals surface area (Å²) in [5.41, 5.74) is 2.86. The van der Waals surface area contributed by atoms with Gasteiger partial charge in [0.1, 0.15) is 5.82 Å². The number of aromatic nitrogens is 2. The average molecular weight is 278 g/mol. The van der Waals surface area contributed by atoms with Gasteiger partial charge in [0, 0.05) is 30.8 Å². The summed E-state index contributed by atoms with van der Waals surface area (Å²) in [6.45, 7) is 2.45. The number of halogens is 1. The summed E-state index contributed by atoms with van der Waals surface area (Å²) >= 11 is 5.97. The number of anilines is 1. The quantitative estimate of drug-likeness (QED) is 0.931. The molecule has 0 amide bonds. The van der Waals surface area contributed by atoms with Gasteiger partial charge < -0.3 is 10.1 Å². The molecule has 1 N–H and O–H groups in total. The number of ether oxygens (including phenoxy) is 1. The molecule has 5 heteroatoms. The third kappa shape index (κ3) is 3.22. The van der Waals surface area contributed by atoms with Crippen molar-refractivity contribution in [2.45, 2.75) is 13.5 Å². The van der Waals surface area contributed by atoms with Gasteiger partial charge in [0.15, 0.2) is 5.82 Å². The van der Waals surface area contributed by atoms with Crippen LogP contribution in [0.5, 0.6) is 0 Å². The molecule has 0 bridgehead atoms. The van der Waals surface area contributed by atoms with Crippen molar-refractivity contribution in [3.05, 3.63) is 40.5 Å². The normalized spacial score (nSPS) is 10.5. The van der Waals surface area contributed by atoms with Gasteiger partial charge in [0.2, 0.25) is 0 Å². The van der Waals surface area contributed by atoms with Crippen molar-refractivity contribution in [2.75, 3.05) is 19.5 Å². The number of nitrogens with zero attached hydrogens (tertiary/aromatic N) is 2. The van der Waals surface area contributed by atoms with E-state index in [2.05, 4.69) is 15.3 Å². The highest BCUT2D eigenvalue weighted by Crippen LogP contribution is 2.24. The summed E-state index contributed by atoms with van der Waals surface area (Å²) in [4.78, 5) is 8.99. The third-order valence-electron chi connectivity index (χ3n) is 2.76. The fraction of sp³-hybridized carbons (Fsp3) is 0.286. The lowest BCUT2D eigenvalue weighted by atomic mass is 10.1. The van der Waals surface area contributed by atoms with Crippen LogP contribution < -0.4 is 5.32 Å². The molecule has 0 saturated heterocycles. The second-order valence-corrected chi connectivity index (χ2v) is 4.65. The van der Waals surface area contributed by atoms with E-state index in [9.17, 15) is 0 Å². The van der Waals surface area contributed by atoms with E-state index in [0.717, 1.165) is 22.6 Å². The number of rotatable bonds is 4. The summed E-state index contributed by atoms with van der Waals surface area (Å²) in [5, 5.41) is 3.75. The van der Waals surface area contributed by atoms with Crippen molar-refractivity contribution in [3.63, 3.8) is 0 Å². The first-order valence-corrected chi connectivity index (χ1v) is 6.33. The standard InChI is InChI=1S/C14H16ClN3O/c1-9-6-10(15)4-5-12(9)14-17-11(8-19-3)7-13(16-2)18-14/h4-7H,8H2,1-3H3,(H,16,17,18). The molecule has 4 nitrogen and oxygen atoms in total. The molecule has 0 unspecified atom stereocenters. The molecule has 0 radical (unpaired) electrons. The molecule has 0 atom stereocenters. The van der Waals surface area contributed by atoms with Gasteiger partial charge in [-0.2, -0.15) is 0 Å². The number of hydrogen-bond acceptors (Lipinski definition) is 4. The molecule has 1 heterocycles. The van der Waals surface area contributed by atoms with Crippen molar-refractivity contribution in [3.8, 4) is 11.4 Å². The molecule has 1 aromatic carbocycles. The molecule has 0 saturated carbocycles. The number of methoxy groups -OCH3 is 1. The first-order chi connectivity index (χ1) is 9.13. The molecular weight excluding hydrogens is 262 g/mol. The Morgan fingerprint density at radius 2 is 2.05 bits per heavy atom. The molecule has 100 valence electrons. The van der Waals surface area contributed by atoms with Crippen molar-refractivity contribution >= 4 is 17.4 Å². The number of aryl methyl sites for hydroxylation is 1. The Balaban J connectivity index is 2.51. The SMILES string of the molecule is CNc1cc(COC)nc(-c2ccc(Cl)cc2C)n1. The maximum atomic E-state index is 5.97. The fourth-order valence-electron chi connectivity index (χ4n) is 1.85. The Bertz CT molecular complexity index is 587. The van der Waals surface area contributed by atoms with Crippen LogP contribution in [0.2, 0.25) is 5.02 Å². The van der Waals surface area contributed by atoms with Crippen LogP contribution >= 0.6 is 11.6 Å². The molecule has 2 aromatic rings. The van der Waals surface area contributed by atoms with Crippen LogP contribution in [-0.4, -0.2) is 24.1 Å². The van der Waals surface area contributed by atoms with E-state index < -0.39 is 0 Å². The van der Waals surface area contributed by atoms with Gasteiger partial charge in [-0.3, -0.25) is 0 Å². The third-order valence-corrected chi connectivity index (χ3v) is 2.99. The molecule has 1 aromatic heterocycles. The number of hydrogen-bond donors (Lipinski definition) is 1. The van der Waals surface area contributed by atoms with Crippen molar-refractivity contribution in [1.29, 1.82) is 0 Å². The second kappa shape index (κ2) is 5.99. The molecule has 0 aliphatic heterocycles. The van der Waals surface area contributed by atoms with Gasteiger partial charge in [-0.25, -0.2) is 9.97 Å². The van der Waals surface area contributed by atoms with E-state index >= 15 is 0 Å². The van der Waals surface area contributed by atoms with Crippen LogP contribution in [0, 0.1) is 6.92 Å². The molecule has 2 rings (SSSR count). The van der Waals surface area contributed by atoms with Crippen LogP contribution in [0.25, 0.3) is 11.4 Å². The van der Waals surface area contributed by atoms with Gasteiger partial charge in [-0.05, 0) is 30.7 Å². The van der Waals surface area contributed by atoms with Crippen LogP contribution in [0.4, 0.5) is 5.82 Å². The van der Waals surface area contributed by atoms with E-state index in [1.165, 1.54) is 0 Å². The topological polar surface area (TPSA) is 47.0 Å². The summed E-state index contributed by atoms with van der Waals surface area (Å²) in [6, 6.07) is 7.55. The molecule has 19 heavy (non-hydrogen) atoms. The minimum atomic E-state index is 0.455. The Morgan fingerprint density at radius 3 is 2.68 bits per heavy atom. The lowest BCUT2D eigenvalue weighted by molar-refractivity contribution is 0.181. The van der Waals surface area contributed by atoms with E-state index in [1.54, 1.807) is 7.11 Å². The molecule has 0 aliphatic carbocycles. The van der Waals surface area contributed by atoms with Crippen LogP contribution in [-0.2, 0) is 11.3 Å². The molecule has 0 fully saturated rings. The first-order valence-electron chi connectivity index (χ1n) is 5.95. The summed E-state index contributed by atoms with van der Waals surface area (Å²) in [7, 11) is 3.48. The van der Waals surface area contributed by atoms with E-state index in [0.29, 0.717) is 17.5 Å². The Morgan fingerprint density at radius 1 is 1.26 bits per heavy atom. The average Bonchev–Trinajstić information content (AvgIpc) is 2.38. The minimum Gasteiger partial charge on any atom is -0.378 e. The van der Waals surface area contributed by atoms with Gasteiger partial charge in [-0.1, -0.05) is 11.6 Å². The predicted molar refractivity (Wildman–Crippen MR) is 77.5 cm³/mol. The van der Waals surface area contributed by atoms with Gasteiger partial charge in [0.05, 0.1) is 12.3 Å². The summed E-state index contributed by atoms with van der Waals surface area (Å²) in [6.07, 6.45) is 0. The minimum absolute atomic E-state index is 0.455. The number of benzene rings is 1. The maximum Gasteiger partial charge on any atom is 0.162 e. The first kappa shape index (κ1) is 13.8. The second-order valence-electron chi connectivity index (χ2n) is 4.21. The Hall–Kier alpha value is -1.65. The Kier molecular flexibility index (Phi) is 4.35. The molecule has 0 spiro atoms. The number of nitrogens with one attached hydrogen (secondary N) is 1. The summed E-state index contributed by atoms with van der Waals surface area (Å²) in [5.74, 6) is 1.44.